The van der Waals surface area contributed by atoms with Crippen molar-refractivity contribution in [3.63, 3.8) is 0 Å². The zero-order chi connectivity index (χ0) is 26.6. The monoisotopic (exact) mass is 703 g/mol. The van der Waals surface area contributed by atoms with Crippen LogP contribution in [0, 0.1) is 0 Å². The van der Waals surface area contributed by atoms with E-state index in [-0.39, 0.29) is 0 Å². The van der Waals surface area contributed by atoms with E-state index in [1.54, 1.807) is 0 Å². The molecule has 3 aromatic carbocycles. The molecule has 2 nitrogen and oxygen atoms in total. The number of benzene rings is 3. The van der Waals surface area contributed by atoms with Crippen LogP contribution in [0.5, 0.6) is 0 Å². The molecule has 0 atom stereocenters. The first-order chi connectivity index (χ1) is 16.0. The van der Waals surface area contributed by atoms with Gasteiger partial charge in [0.05, 0.1) is 0 Å². The average molecular weight is 703 g/mol. The Morgan fingerprint density at radius 3 is 0.857 bits per heavy atom. The molecule has 0 amide bonds. The summed E-state index contributed by atoms with van der Waals surface area (Å²) in [5.41, 5.74) is -2.67. The molecule has 0 saturated heterocycles. The van der Waals surface area contributed by atoms with Crippen molar-refractivity contribution in [3.8, 4) is 0 Å². The molecule has 0 heterocycles. The van der Waals surface area contributed by atoms with Crippen LogP contribution >= 0.6 is 0 Å². The minimum atomic E-state index is -4.56. The van der Waals surface area contributed by atoms with Gasteiger partial charge in [-0.3, -0.25) is 0 Å². The van der Waals surface area contributed by atoms with E-state index >= 15 is 0 Å². The van der Waals surface area contributed by atoms with Crippen LogP contribution in [0.25, 0.3) is 0 Å². The topological polar surface area (TPSA) is 40.1 Å². The van der Waals surface area contributed by atoms with Gasteiger partial charge in [0.15, 0.2) is 0 Å². The van der Waals surface area contributed by atoms with Gasteiger partial charge in [-0.05, 0) is 6.92 Å². The summed E-state index contributed by atoms with van der Waals surface area (Å²) in [6, 6.07) is 12.7. The number of rotatable bonds is 3. The molecule has 35 heavy (non-hydrogen) atoms. The molecule has 3 rings (SSSR count). The summed E-state index contributed by atoms with van der Waals surface area (Å²) in [6.07, 6.45) is -13.7. The van der Waals surface area contributed by atoms with E-state index in [0.717, 1.165) is 43.3 Å². The number of alkyl halides is 9. The summed E-state index contributed by atoms with van der Waals surface area (Å²) in [5, 5.41) is 8.89. The third-order valence-corrected chi connectivity index (χ3v) is 13.9. The Morgan fingerprint density at radius 2 is 0.714 bits per heavy atom. The van der Waals surface area contributed by atoms with E-state index in [2.05, 4.69) is 0 Å². The molecule has 0 aliphatic heterocycles. The summed E-state index contributed by atoms with van der Waals surface area (Å²) < 4.78 is 117. The molecule has 0 bridgehead atoms. The molecular formula is C23H15BiF9O2-. The Hall–Kier alpha value is -2.62. The van der Waals surface area contributed by atoms with Crippen LogP contribution in [0.2, 0.25) is 0 Å². The number of carboxylic acid groups (broad SMARTS) is 1. The van der Waals surface area contributed by atoms with Gasteiger partial charge in [-0.2, -0.15) is 0 Å². The molecule has 0 radical (unpaired) electrons. The fourth-order valence-electron chi connectivity index (χ4n) is 2.85. The second kappa shape index (κ2) is 11.0. The number of hydrogen-bond donors (Lipinski definition) is 0. The first-order valence-electron chi connectivity index (χ1n) is 9.49. The van der Waals surface area contributed by atoms with E-state index < -0.39 is 62.9 Å². The maximum atomic E-state index is 12.9. The third-order valence-electron chi connectivity index (χ3n) is 4.36. The number of aliphatic carboxylic acids is 1. The number of carboxylic acids is 1. The SMILES string of the molecule is CC(=O)[O-].FC(F)(F)c1cc[c]([Bi]([c]2ccc(C(F)(F)F)cc2)[c]2ccc(C(F)(F)F)cc2)cc1. The van der Waals surface area contributed by atoms with Crippen LogP contribution < -0.4 is 14.9 Å². The van der Waals surface area contributed by atoms with Gasteiger partial charge in [0.2, 0.25) is 0 Å². The molecule has 0 spiro atoms. The zero-order valence-corrected chi connectivity index (χ0v) is 21.1. The number of halogens is 9. The van der Waals surface area contributed by atoms with E-state index in [1.165, 1.54) is 36.4 Å². The molecule has 0 N–H and O–H groups in total. The summed E-state index contributed by atoms with van der Waals surface area (Å²) in [5.74, 6) is -1.08. The van der Waals surface area contributed by atoms with E-state index in [1.807, 2.05) is 0 Å². The summed E-state index contributed by atoms with van der Waals surface area (Å²) >= 11 is -3.46. The second-order valence-electron chi connectivity index (χ2n) is 6.96. The molecule has 0 unspecified atom stereocenters. The third kappa shape index (κ3) is 8.23. The van der Waals surface area contributed by atoms with Crippen LogP contribution in [0.4, 0.5) is 39.5 Å². The molecular weight excluding hydrogens is 688 g/mol. The molecule has 0 saturated carbocycles. The number of hydrogen-bond acceptors (Lipinski definition) is 2. The van der Waals surface area contributed by atoms with Gasteiger partial charge in [-0.25, -0.2) is 0 Å². The van der Waals surface area contributed by atoms with Gasteiger partial charge in [0.25, 0.3) is 0 Å². The van der Waals surface area contributed by atoms with Crippen molar-refractivity contribution in [1.29, 1.82) is 0 Å². The fourth-order valence-corrected chi connectivity index (χ4v) is 11.5. The molecule has 0 aliphatic rings. The van der Waals surface area contributed by atoms with Crippen molar-refractivity contribution in [1.82, 2.24) is 0 Å². The molecule has 12 heteroatoms. The first-order valence-corrected chi connectivity index (χ1v) is 14.7. The van der Waals surface area contributed by atoms with Crippen LogP contribution in [-0.4, -0.2) is 27.7 Å². The van der Waals surface area contributed by atoms with Crippen molar-refractivity contribution >= 4 is 37.5 Å². The molecule has 0 aliphatic carbocycles. The van der Waals surface area contributed by atoms with E-state index in [0.29, 0.717) is 9.81 Å². The van der Waals surface area contributed by atoms with Gasteiger partial charge in [0, 0.05) is 5.97 Å². The van der Waals surface area contributed by atoms with Crippen LogP contribution in [-0.2, 0) is 23.3 Å². The number of carbonyl (C=O) groups is 1. The quantitative estimate of drug-likeness (QED) is 0.306. The Labute approximate surface area is 201 Å². The summed E-state index contributed by atoms with van der Waals surface area (Å²) in [7, 11) is 0. The Morgan fingerprint density at radius 1 is 0.543 bits per heavy atom. The summed E-state index contributed by atoms with van der Waals surface area (Å²) in [6.45, 7) is 0.972. The van der Waals surface area contributed by atoms with Crippen molar-refractivity contribution in [2.45, 2.75) is 25.5 Å². The summed E-state index contributed by atoms with van der Waals surface area (Å²) in [4.78, 5) is 8.89. The Balaban J connectivity index is 0.00000100. The van der Waals surface area contributed by atoms with E-state index in [4.69, 9.17) is 9.90 Å². The predicted molar refractivity (Wildman–Crippen MR) is 110 cm³/mol. The number of carbonyl (C=O) groups excluding carboxylic acids is 1. The molecule has 188 valence electrons. The van der Waals surface area contributed by atoms with Gasteiger partial charge in [-0.1, -0.05) is 0 Å². The minimum absolute atomic E-state index is 0.488. The van der Waals surface area contributed by atoms with Crippen LogP contribution in [0.1, 0.15) is 23.6 Å². The average Bonchev–Trinajstić information content (AvgIpc) is 2.73. The van der Waals surface area contributed by atoms with Crippen molar-refractivity contribution in [2.75, 3.05) is 0 Å². The van der Waals surface area contributed by atoms with E-state index in [9.17, 15) is 39.5 Å². The predicted octanol–water partition coefficient (Wildman–Crippen LogP) is 4.02. The molecule has 3 aromatic rings. The normalized spacial score (nSPS) is 12.2. The second-order valence-corrected chi connectivity index (χ2v) is 15.6. The zero-order valence-electron chi connectivity index (χ0n) is 17.6. The van der Waals surface area contributed by atoms with Crippen LogP contribution in [0.15, 0.2) is 72.8 Å². The van der Waals surface area contributed by atoms with Crippen LogP contribution in [0.3, 0.4) is 0 Å². The van der Waals surface area contributed by atoms with Crippen molar-refractivity contribution < 1.29 is 49.4 Å². The van der Waals surface area contributed by atoms with Crippen molar-refractivity contribution in [3.05, 3.63) is 89.5 Å². The van der Waals surface area contributed by atoms with Gasteiger partial charge in [-0.15, -0.1) is 0 Å². The molecule has 0 aromatic heterocycles. The standard InChI is InChI=1S/3C7H4F3.C2H4O2.Bi/c3*8-7(9,10)6-4-2-1-3-5-6;1-2(3)4;/h3*2-5H;1H3,(H,3,4);/p-1. The van der Waals surface area contributed by atoms with Gasteiger partial charge >= 0.3 is 179 Å². The Bertz CT molecular complexity index is 976. The molecule has 0 fully saturated rings. The first kappa shape index (κ1) is 28.6. The fraction of sp³-hybridized carbons (Fsp3) is 0.174. The van der Waals surface area contributed by atoms with Gasteiger partial charge in [0.1, 0.15) is 0 Å². The van der Waals surface area contributed by atoms with Gasteiger partial charge < -0.3 is 9.90 Å². The Kier molecular flexibility index (Phi) is 8.97. The maximum absolute atomic E-state index is 12.9. The van der Waals surface area contributed by atoms with Crippen molar-refractivity contribution in [2.24, 2.45) is 0 Å².